The lowest BCUT2D eigenvalue weighted by atomic mass is 10.2. The average molecular weight is 468 g/mol. The molecule has 30 heavy (non-hydrogen) atoms. The van der Waals surface area contributed by atoms with Crippen LogP contribution in [0.5, 0.6) is 17.2 Å². The maximum atomic E-state index is 12.7. The Bertz CT molecular complexity index is 948. The summed E-state index contributed by atoms with van der Waals surface area (Å²) in [6.07, 6.45) is -5.57. The lowest BCUT2D eigenvalue weighted by molar-refractivity contribution is -0.137. The molecular weight excluding hydrogens is 450 g/mol. The largest absolute Gasteiger partial charge is 0.481 e. The van der Waals surface area contributed by atoms with Crippen molar-refractivity contribution in [3.63, 3.8) is 0 Å². The van der Waals surface area contributed by atoms with Crippen molar-refractivity contribution in [3.8, 4) is 17.2 Å². The quantitative estimate of drug-likeness (QED) is 0.516. The van der Waals surface area contributed by atoms with Crippen LogP contribution < -0.4 is 14.8 Å². The number of benzene rings is 2. The number of carbonyl (C=O) groups is 1. The zero-order chi connectivity index (χ0) is 22.7. The number of hydrogen-bond acceptors (Lipinski definition) is 4. The molecule has 0 aliphatic rings. The average Bonchev–Trinajstić information content (AvgIpc) is 2.63. The summed E-state index contributed by atoms with van der Waals surface area (Å²) in [5.41, 5.74) is -0.899. The Hall–Kier alpha value is -2.26. The molecule has 7 nitrogen and oxygen atoms in total. The van der Waals surface area contributed by atoms with E-state index in [0.717, 1.165) is 18.2 Å². The number of nitrogens with one attached hydrogen (secondary N) is 1. The first-order valence-electron chi connectivity index (χ1n) is 8.44. The molecule has 0 heterocycles. The molecule has 2 aromatic rings. The van der Waals surface area contributed by atoms with Crippen molar-refractivity contribution in [2.75, 3.05) is 0 Å². The predicted molar refractivity (Wildman–Crippen MR) is 103 cm³/mol. The summed E-state index contributed by atoms with van der Waals surface area (Å²) in [7, 11) is -4.47. The number of halogens is 4. The first-order chi connectivity index (χ1) is 13.8. The van der Waals surface area contributed by atoms with Crippen molar-refractivity contribution in [1.82, 2.24) is 5.32 Å². The van der Waals surface area contributed by atoms with Crippen LogP contribution in [0.25, 0.3) is 0 Å². The Labute approximate surface area is 174 Å². The van der Waals surface area contributed by atoms with E-state index in [-0.39, 0.29) is 22.3 Å². The summed E-state index contributed by atoms with van der Waals surface area (Å²) in [4.78, 5) is 30.0. The van der Waals surface area contributed by atoms with E-state index < -0.39 is 37.1 Å². The highest BCUT2D eigenvalue weighted by atomic mass is 35.5. The number of amides is 1. The van der Waals surface area contributed by atoms with Gasteiger partial charge < -0.3 is 24.6 Å². The fourth-order valence-electron chi connectivity index (χ4n) is 2.14. The van der Waals surface area contributed by atoms with E-state index in [1.807, 2.05) is 0 Å². The highest BCUT2D eigenvalue weighted by Crippen LogP contribution is 2.39. The fourth-order valence-corrected chi connectivity index (χ4v) is 2.65. The third-order valence-corrected chi connectivity index (χ3v) is 5.28. The molecule has 0 saturated carbocycles. The van der Waals surface area contributed by atoms with Crippen LogP contribution in [-0.2, 0) is 15.5 Å². The van der Waals surface area contributed by atoms with Gasteiger partial charge in [0, 0.05) is 0 Å². The van der Waals surface area contributed by atoms with E-state index in [1.54, 1.807) is 0 Å². The molecule has 0 radical (unpaired) electrons. The normalized spacial score (nSPS) is 14.0. The van der Waals surface area contributed by atoms with Crippen LogP contribution in [-0.4, -0.2) is 27.6 Å². The van der Waals surface area contributed by atoms with Gasteiger partial charge in [-0.15, -0.1) is 0 Å². The molecule has 2 atom stereocenters. The lowest BCUT2D eigenvalue weighted by Crippen LogP contribution is -2.41. The molecule has 0 fully saturated rings. The van der Waals surface area contributed by atoms with Crippen molar-refractivity contribution in [2.24, 2.45) is 0 Å². The topological polar surface area (TPSA) is 105 Å². The second kappa shape index (κ2) is 9.26. The first kappa shape index (κ1) is 24.0. The SMILES string of the molecule is CC(Oc1ccc(Oc2ccc(C(F)(F)F)cc2Cl)cc1)C(=O)NC(C)P(=O)(O)O. The van der Waals surface area contributed by atoms with E-state index in [0.29, 0.717) is 0 Å². The minimum Gasteiger partial charge on any atom is -0.481 e. The molecule has 2 unspecified atom stereocenters. The molecular formula is C18H18ClF3NO6P. The van der Waals surface area contributed by atoms with E-state index in [4.69, 9.17) is 30.9 Å². The summed E-state index contributed by atoms with van der Waals surface area (Å²) in [6, 6.07) is 8.50. The first-order valence-corrected chi connectivity index (χ1v) is 10.5. The van der Waals surface area contributed by atoms with Crippen LogP contribution in [0.1, 0.15) is 19.4 Å². The predicted octanol–water partition coefficient (Wildman–Crippen LogP) is 4.56. The van der Waals surface area contributed by atoms with Crippen molar-refractivity contribution in [1.29, 1.82) is 0 Å². The third kappa shape index (κ3) is 6.63. The van der Waals surface area contributed by atoms with Crippen molar-refractivity contribution >= 4 is 25.1 Å². The number of rotatable bonds is 7. The van der Waals surface area contributed by atoms with Gasteiger partial charge in [0.1, 0.15) is 23.0 Å². The number of ether oxygens (including phenoxy) is 2. The Kier molecular flexibility index (Phi) is 7.41. The van der Waals surface area contributed by atoms with Crippen molar-refractivity contribution in [2.45, 2.75) is 31.9 Å². The monoisotopic (exact) mass is 467 g/mol. The standard InChI is InChI=1S/C18H18ClF3NO6P/c1-10(17(24)23-11(2)30(25,26)27)28-13-4-6-14(7-5-13)29-16-8-3-12(9-15(16)19)18(20,21)22/h3-11H,1-2H3,(H,23,24)(H2,25,26,27). The fraction of sp³-hybridized carbons (Fsp3) is 0.278. The van der Waals surface area contributed by atoms with Gasteiger partial charge in [0.15, 0.2) is 6.10 Å². The van der Waals surface area contributed by atoms with Crippen LogP contribution in [0.15, 0.2) is 42.5 Å². The second-order valence-corrected chi connectivity index (χ2v) is 8.61. The van der Waals surface area contributed by atoms with Crippen molar-refractivity contribution in [3.05, 3.63) is 53.1 Å². The Morgan fingerprint density at radius 2 is 1.67 bits per heavy atom. The molecule has 0 aliphatic heterocycles. The van der Waals surface area contributed by atoms with Crippen LogP contribution >= 0.6 is 19.2 Å². The van der Waals surface area contributed by atoms with Crippen LogP contribution in [0, 0.1) is 0 Å². The van der Waals surface area contributed by atoms with Gasteiger partial charge in [0.25, 0.3) is 5.91 Å². The minimum absolute atomic E-state index is 0.0255. The summed E-state index contributed by atoms with van der Waals surface area (Å²) in [6.45, 7) is 2.57. The van der Waals surface area contributed by atoms with E-state index >= 15 is 0 Å². The van der Waals surface area contributed by atoms with Crippen LogP contribution in [0.4, 0.5) is 13.2 Å². The molecule has 2 aromatic carbocycles. The molecule has 0 aliphatic carbocycles. The number of carbonyl (C=O) groups excluding carboxylic acids is 1. The summed E-state index contributed by atoms with van der Waals surface area (Å²) in [5.74, 6) is -1.54. The molecule has 1 amide bonds. The minimum atomic E-state index is -4.52. The zero-order valence-corrected chi connectivity index (χ0v) is 17.3. The van der Waals surface area contributed by atoms with Gasteiger partial charge in [-0.1, -0.05) is 11.6 Å². The molecule has 0 bridgehead atoms. The number of hydrogen-bond donors (Lipinski definition) is 3. The molecule has 0 saturated heterocycles. The van der Waals surface area contributed by atoms with Gasteiger partial charge in [0.05, 0.1) is 10.6 Å². The molecule has 164 valence electrons. The van der Waals surface area contributed by atoms with Gasteiger partial charge in [0.2, 0.25) is 0 Å². The van der Waals surface area contributed by atoms with E-state index in [1.165, 1.54) is 38.1 Å². The molecule has 12 heteroatoms. The summed E-state index contributed by atoms with van der Waals surface area (Å²) in [5, 5.41) is 1.95. The van der Waals surface area contributed by atoms with Gasteiger partial charge >= 0.3 is 13.8 Å². The second-order valence-electron chi connectivity index (χ2n) is 6.25. The van der Waals surface area contributed by atoms with Gasteiger partial charge in [-0.25, -0.2) is 0 Å². The third-order valence-electron chi connectivity index (χ3n) is 3.85. The maximum absolute atomic E-state index is 12.7. The van der Waals surface area contributed by atoms with Gasteiger partial charge in [-0.2, -0.15) is 13.2 Å². The molecule has 3 N–H and O–H groups in total. The summed E-state index contributed by atoms with van der Waals surface area (Å²) >= 11 is 5.84. The number of alkyl halides is 3. The highest BCUT2D eigenvalue weighted by molar-refractivity contribution is 7.52. The van der Waals surface area contributed by atoms with Crippen molar-refractivity contribution < 1.29 is 41.8 Å². The smallest absolute Gasteiger partial charge is 0.416 e. The Morgan fingerprint density at radius 1 is 1.10 bits per heavy atom. The Balaban J connectivity index is 2.00. The lowest BCUT2D eigenvalue weighted by Gasteiger charge is -2.19. The van der Waals surface area contributed by atoms with E-state index in [9.17, 15) is 22.5 Å². The summed E-state index contributed by atoms with van der Waals surface area (Å²) < 4.78 is 60.0. The van der Waals surface area contributed by atoms with Crippen LogP contribution in [0.2, 0.25) is 5.02 Å². The van der Waals surface area contributed by atoms with Gasteiger partial charge in [-0.3, -0.25) is 9.36 Å². The van der Waals surface area contributed by atoms with E-state index in [2.05, 4.69) is 5.32 Å². The molecule has 0 spiro atoms. The highest BCUT2D eigenvalue weighted by Gasteiger charge is 2.31. The van der Waals surface area contributed by atoms with Crippen LogP contribution in [0.3, 0.4) is 0 Å². The van der Waals surface area contributed by atoms with Gasteiger partial charge in [-0.05, 0) is 56.3 Å². The maximum Gasteiger partial charge on any atom is 0.416 e. The molecule has 2 rings (SSSR count). The molecule has 0 aromatic heterocycles. The Morgan fingerprint density at radius 3 is 2.17 bits per heavy atom. The zero-order valence-electron chi connectivity index (χ0n) is 15.7.